The van der Waals surface area contributed by atoms with E-state index in [1.165, 1.54) is 21.7 Å². The second-order valence-electron chi connectivity index (χ2n) is 11.2. The van der Waals surface area contributed by atoms with Crippen molar-refractivity contribution in [1.82, 2.24) is 30.9 Å². The fourth-order valence-corrected chi connectivity index (χ4v) is 7.80. The average Bonchev–Trinajstić information content (AvgIpc) is 3.30. The molecule has 42 heavy (non-hydrogen) atoms. The van der Waals surface area contributed by atoms with Gasteiger partial charge in [-0.1, -0.05) is 47.5 Å². The van der Waals surface area contributed by atoms with E-state index in [2.05, 4.69) is 16.1 Å². The van der Waals surface area contributed by atoms with Crippen LogP contribution in [0.25, 0.3) is 0 Å². The molecule has 3 N–H and O–H groups in total. The molecule has 216 valence electrons. The minimum absolute atomic E-state index is 0. The van der Waals surface area contributed by atoms with Crippen LogP contribution in [0.1, 0.15) is 38.3 Å². The second-order valence-corrected chi connectivity index (χ2v) is 13.4. The van der Waals surface area contributed by atoms with Crippen LogP contribution >= 0.6 is 23.4 Å². The minimum Gasteiger partial charge on any atom is -0.548 e. The van der Waals surface area contributed by atoms with E-state index in [-0.39, 0.29) is 60.5 Å². The zero-order valence-corrected chi connectivity index (χ0v) is 26.8. The van der Waals surface area contributed by atoms with Gasteiger partial charge < -0.3 is 25.4 Å². The van der Waals surface area contributed by atoms with Gasteiger partial charge in [0, 0.05) is 16.2 Å². The van der Waals surface area contributed by atoms with E-state index in [9.17, 15) is 29.1 Å². The molecule has 4 heterocycles. The number of β-lactam (4-membered cyclic amide) rings is 1. The summed E-state index contributed by atoms with van der Waals surface area (Å²) >= 11 is 7.30. The van der Waals surface area contributed by atoms with Gasteiger partial charge in [0.15, 0.2) is 0 Å². The molecule has 1 aromatic carbocycles. The number of halogens is 1. The van der Waals surface area contributed by atoms with Crippen LogP contribution < -0.4 is 50.7 Å². The van der Waals surface area contributed by atoms with Gasteiger partial charge in [-0.15, -0.1) is 11.8 Å². The number of hydrogen-bond donors (Lipinski definition) is 3. The molecule has 4 aliphatic heterocycles. The van der Waals surface area contributed by atoms with Crippen LogP contribution in [-0.2, 0) is 14.4 Å². The maximum atomic E-state index is 13.0. The summed E-state index contributed by atoms with van der Waals surface area (Å²) in [6.07, 6.45) is 5.88. The third-order valence-electron chi connectivity index (χ3n) is 8.07. The number of carboxylic acids is 1. The molecule has 12 nitrogen and oxygen atoms in total. The molecule has 0 saturated carbocycles. The smallest absolute Gasteiger partial charge is 0.548 e. The molecule has 0 spiro atoms. The minimum atomic E-state index is -1.31. The number of aliphatic carboxylic acids is 1. The zero-order chi connectivity index (χ0) is 29.2. The predicted octanol–water partition coefficient (Wildman–Crippen LogP) is -2.34. The van der Waals surface area contributed by atoms with Crippen LogP contribution in [0, 0.1) is 0 Å². The first-order valence-corrected chi connectivity index (χ1v) is 14.5. The molecule has 6 atom stereocenters. The number of urea groups is 2. The van der Waals surface area contributed by atoms with Gasteiger partial charge in [0.1, 0.15) is 11.4 Å². The average molecular weight is 623 g/mol. The third-order valence-corrected chi connectivity index (χ3v) is 9.90. The summed E-state index contributed by atoms with van der Waals surface area (Å²) in [5.74, 6) is -2.12. The normalized spacial score (nSPS) is 30.4. The second kappa shape index (κ2) is 11.5. The summed E-state index contributed by atoms with van der Waals surface area (Å²) in [5, 5.41) is 18.8. The van der Waals surface area contributed by atoms with E-state index < -0.39 is 52.2 Å². The molecule has 3 unspecified atom stereocenters. The monoisotopic (exact) mass is 622 g/mol. The van der Waals surface area contributed by atoms with Gasteiger partial charge in [-0.25, -0.2) is 19.9 Å². The molecule has 1 aliphatic carbocycles. The van der Waals surface area contributed by atoms with E-state index in [4.69, 9.17) is 11.6 Å². The molecule has 0 bridgehead atoms. The van der Waals surface area contributed by atoms with Crippen LogP contribution in [-0.4, -0.2) is 85.5 Å². The Balaban J connectivity index is 0.00000353. The fourth-order valence-electron chi connectivity index (χ4n) is 6.06. The summed E-state index contributed by atoms with van der Waals surface area (Å²) in [6, 6.07) is 3.67. The van der Waals surface area contributed by atoms with Crippen molar-refractivity contribution >= 4 is 53.2 Å². The standard InChI is InChI=1S/C27H29ClN6O6S.Na/c1-27(2)21(24(37)38)33-22(36)20(23(33)41-27)30-18(35)11-13-4-3-5-16(10-13)29-25(39)32-12-17-19(31-34(17)26(32)40)14-6-8-15(28)9-7-14;/h3,5-10,16-17,19-21,23,31H,4,11-12H2,1-2H3,(H,29,39)(H,30,35)(H,37,38);/q;+1/p-1/t16?,17?,19?,20-,21+,23-;/m1./s1. The Hall–Kier alpha value is -2.55. The first-order chi connectivity index (χ1) is 19.4. The number of nitrogens with one attached hydrogen (secondary N) is 3. The van der Waals surface area contributed by atoms with Crippen LogP contribution in [0.2, 0.25) is 5.02 Å². The summed E-state index contributed by atoms with van der Waals surface area (Å²) in [4.78, 5) is 65.3. The maximum absolute atomic E-state index is 13.0. The summed E-state index contributed by atoms with van der Waals surface area (Å²) in [5.41, 5.74) is 4.80. The Morgan fingerprint density at radius 1 is 1.17 bits per heavy atom. The molecule has 5 aliphatic rings. The van der Waals surface area contributed by atoms with E-state index in [1.54, 1.807) is 38.1 Å². The molecule has 4 fully saturated rings. The van der Waals surface area contributed by atoms with E-state index in [0.29, 0.717) is 11.4 Å². The Labute approximate surface area is 273 Å². The van der Waals surface area contributed by atoms with Gasteiger partial charge in [0.25, 0.3) is 0 Å². The van der Waals surface area contributed by atoms with E-state index >= 15 is 0 Å². The summed E-state index contributed by atoms with van der Waals surface area (Å²) < 4.78 is -0.735. The number of rotatable bonds is 6. The van der Waals surface area contributed by atoms with Crippen molar-refractivity contribution in [3.8, 4) is 0 Å². The zero-order valence-electron chi connectivity index (χ0n) is 23.2. The van der Waals surface area contributed by atoms with Crippen molar-refractivity contribution in [3.05, 3.63) is 58.7 Å². The molecular weight excluding hydrogens is 595 g/mol. The Morgan fingerprint density at radius 2 is 1.88 bits per heavy atom. The van der Waals surface area contributed by atoms with Crippen LogP contribution in [0.15, 0.2) is 48.1 Å². The number of imide groups is 1. The summed E-state index contributed by atoms with van der Waals surface area (Å²) in [7, 11) is 0. The number of fused-ring (bicyclic) bond motifs is 2. The van der Waals surface area contributed by atoms with Crippen molar-refractivity contribution in [2.45, 2.75) is 67.0 Å². The number of hydrazine groups is 1. The van der Waals surface area contributed by atoms with Gasteiger partial charge >= 0.3 is 41.6 Å². The number of amides is 6. The van der Waals surface area contributed by atoms with Crippen molar-refractivity contribution < 1.29 is 58.6 Å². The number of carbonyl (C=O) groups excluding carboxylic acids is 5. The molecule has 0 aromatic heterocycles. The number of hydrogen-bond acceptors (Lipinski definition) is 8. The van der Waals surface area contributed by atoms with Gasteiger partial charge in [0.2, 0.25) is 11.8 Å². The molecule has 0 radical (unpaired) electrons. The largest absolute Gasteiger partial charge is 1.00 e. The molecule has 1 aromatic rings. The first kappa shape index (κ1) is 30.9. The van der Waals surface area contributed by atoms with Crippen LogP contribution in [0.3, 0.4) is 0 Å². The van der Waals surface area contributed by atoms with Gasteiger partial charge in [0.05, 0.1) is 36.7 Å². The van der Waals surface area contributed by atoms with Gasteiger partial charge in [-0.2, -0.15) is 0 Å². The van der Waals surface area contributed by atoms with Crippen molar-refractivity contribution in [3.63, 3.8) is 0 Å². The van der Waals surface area contributed by atoms with Crippen molar-refractivity contribution in [1.29, 1.82) is 0 Å². The predicted molar refractivity (Wildman–Crippen MR) is 147 cm³/mol. The number of nitrogens with zero attached hydrogens (tertiary/aromatic N) is 3. The number of allylic oxidation sites excluding steroid dienone is 1. The fraction of sp³-hybridized carbons (Fsp3) is 0.444. The SMILES string of the molecule is CC1(C)S[C@@H]2[C@H](NC(=O)CC3=CC(NC(=O)N4CC5C(c6ccc(Cl)cc6)NN5C4=O)C=CC3)C(=O)N2[C@H]1C(=O)[O-].[Na+]. The number of carboxylic acid groups (broad SMARTS) is 1. The van der Waals surface area contributed by atoms with Crippen LogP contribution in [0.4, 0.5) is 9.59 Å². The maximum Gasteiger partial charge on any atom is 1.00 e. The van der Waals surface area contributed by atoms with Gasteiger partial charge in [-0.05, 0) is 38.0 Å². The molecule has 6 rings (SSSR count). The Bertz CT molecular complexity index is 1410. The topological polar surface area (TPSA) is 154 Å². The summed E-state index contributed by atoms with van der Waals surface area (Å²) in [6.45, 7) is 3.70. The first-order valence-electron chi connectivity index (χ1n) is 13.2. The van der Waals surface area contributed by atoms with Crippen molar-refractivity contribution in [2.24, 2.45) is 0 Å². The molecule has 6 amide bonds. The van der Waals surface area contributed by atoms with Crippen molar-refractivity contribution in [2.75, 3.05) is 6.54 Å². The quantitative estimate of drug-likeness (QED) is 0.181. The molecular formula is C27H28ClN6NaO6S. The van der Waals surface area contributed by atoms with E-state index in [0.717, 1.165) is 16.0 Å². The third kappa shape index (κ3) is 5.35. The molecule has 15 heteroatoms. The Kier molecular flexibility index (Phi) is 8.47. The molecule has 4 saturated heterocycles. The van der Waals surface area contributed by atoms with Gasteiger partial charge in [-0.3, -0.25) is 14.6 Å². The van der Waals surface area contributed by atoms with E-state index in [1.807, 2.05) is 18.2 Å². The van der Waals surface area contributed by atoms with Crippen LogP contribution in [0.5, 0.6) is 0 Å². The number of benzene rings is 1. The number of thioether (sulfide) groups is 1. The number of carbonyl (C=O) groups is 5. The Morgan fingerprint density at radius 3 is 2.57 bits per heavy atom.